The number of aromatic nitrogens is 1. The highest BCUT2D eigenvalue weighted by atomic mass is 16.5. The van der Waals surface area contributed by atoms with E-state index in [0.717, 1.165) is 16.7 Å². The normalized spacial score (nSPS) is 10.1. The van der Waals surface area contributed by atoms with Gasteiger partial charge in [-0.3, -0.25) is 4.79 Å². The van der Waals surface area contributed by atoms with Crippen LogP contribution in [0.1, 0.15) is 6.42 Å². The largest absolute Gasteiger partial charge is 0.496 e. The molecule has 0 saturated heterocycles. The highest BCUT2D eigenvalue weighted by Gasteiger charge is 2.08. The van der Waals surface area contributed by atoms with Crippen molar-refractivity contribution in [2.75, 3.05) is 13.7 Å². The zero-order valence-electron chi connectivity index (χ0n) is 10.7. The molecule has 2 rings (SSSR count). The molecule has 5 heteroatoms. The summed E-state index contributed by atoms with van der Waals surface area (Å²) in [6.45, 7) is 0.625. The molecule has 5 nitrogen and oxygen atoms in total. The summed E-state index contributed by atoms with van der Waals surface area (Å²) in [5.41, 5.74) is 0.954. The van der Waals surface area contributed by atoms with Gasteiger partial charge in [0, 0.05) is 18.1 Å². The maximum absolute atomic E-state index is 11.7. The number of hydrogen-bond donors (Lipinski definition) is 1. The molecule has 0 bridgehead atoms. The number of methoxy groups -OCH3 is 1. The predicted octanol–water partition coefficient (Wildman–Crippen LogP) is 1.68. The van der Waals surface area contributed by atoms with Crippen LogP contribution in [0.3, 0.4) is 0 Å². The number of nitrogens with zero attached hydrogens (tertiary/aromatic N) is 2. The van der Waals surface area contributed by atoms with E-state index in [1.807, 2.05) is 41.1 Å². The van der Waals surface area contributed by atoms with E-state index in [0.29, 0.717) is 13.0 Å². The standard InChI is InChI=1S/C14H15N3O2/c1-19-13-5-2-4-12-11(13)6-9-17(12)10-14(18)16-8-3-7-15/h2,4-6,9H,3,8,10H2,1H3,(H,16,18). The number of fused-ring (bicyclic) bond motifs is 1. The molecule has 0 fully saturated rings. The molecular formula is C14H15N3O2. The molecule has 0 aliphatic rings. The number of rotatable bonds is 5. The zero-order chi connectivity index (χ0) is 13.7. The van der Waals surface area contributed by atoms with Crippen LogP contribution in [-0.4, -0.2) is 24.1 Å². The van der Waals surface area contributed by atoms with Crippen LogP contribution in [0.15, 0.2) is 30.5 Å². The number of hydrogen-bond acceptors (Lipinski definition) is 3. The van der Waals surface area contributed by atoms with Crippen molar-refractivity contribution in [3.05, 3.63) is 30.5 Å². The first kappa shape index (κ1) is 13.0. The van der Waals surface area contributed by atoms with E-state index in [1.165, 1.54) is 0 Å². The molecule has 0 unspecified atom stereocenters. The van der Waals surface area contributed by atoms with E-state index in [-0.39, 0.29) is 12.5 Å². The zero-order valence-corrected chi connectivity index (χ0v) is 10.7. The lowest BCUT2D eigenvalue weighted by atomic mass is 10.2. The fourth-order valence-electron chi connectivity index (χ4n) is 1.98. The second kappa shape index (κ2) is 5.91. The van der Waals surface area contributed by atoms with Gasteiger partial charge in [-0.25, -0.2) is 0 Å². The molecule has 0 radical (unpaired) electrons. The summed E-state index contributed by atoms with van der Waals surface area (Å²) in [6, 6.07) is 9.64. The summed E-state index contributed by atoms with van der Waals surface area (Å²) in [7, 11) is 1.63. The van der Waals surface area contributed by atoms with Gasteiger partial charge in [0.1, 0.15) is 12.3 Å². The van der Waals surface area contributed by atoms with Gasteiger partial charge >= 0.3 is 0 Å². The number of ether oxygens (including phenoxy) is 1. The quantitative estimate of drug-likeness (QED) is 0.829. The molecule has 1 aromatic heterocycles. The molecule has 0 aliphatic heterocycles. The third kappa shape index (κ3) is 2.86. The average molecular weight is 257 g/mol. The molecule has 1 N–H and O–H groups in total. The summed E-state index contributed by atoms with van der Waals surface area (Å²) in [5, 5.41) is 12.1. The number of nitriles is 1. The Kier molecular flexibility index (Phi) is 4.04. The lowest BCUT2D eigenvalue weighted by Gasteiger charge is -2.07. The van der Waals surface area contributed by atoms with E-state index in [2.05, 4.69) is 5.32 Å². The van der Waals surface area contributed by atoms with Gasteiger partial charge in [-0.2, -0.15) is 5.26 Å². The van der Waals surface area contributed by atoms with Crippen LogP contribution < -0.4 is 10.1 Å². The average Bonchev–Trinajstić information content (AvgIpc) is 2.82. The first-order valence-corrected chi connectivity index (χ1v) is 6.01. The van der Waals surface area contributed by atoms with Crippen LogP contribution >= 0.6 is 0 Å². The highest BCUT2D eigenvalue weighted by molar-refractivity contribution is 5.88. The van der Waals surface area contributed by atoms with Crippen molar-refractivity contribution in [2.45, 2.75) is 13.0 Å². The summed E-state index contributed by atoms with van der Waals surface area (Å²) in [4.78, 5) is 11.7. The Morgan fingerprint density at radius 1 is 1.47 bits per heavy atom. The third-order valence-electron chi connectivity index (χ3n) is 2.87. The summed E-state index contributed by atoms with van der Waals surface area (Å²) >= 11 is 0. The Morgan fingerprint density at radius 2 is 2.32 bits per heavy atom. The lowest BCUT2D eigenvalue weighted by molar-refractivity contribution is -0.121. The van der Waals surface area contributed by atoms with Crippen LogP contribution in [0, 0.1) is 11.3 Å². The topological polar surface area (TPSA) is 67.0 Å². The predicted molar refractivity (Wildman–Crippen MR) is 71.7 cm³/mol. The Morgan fingerprint density at radius 3 is 3.05 bits per heavy atom. The Hall–Kier alpha value is -2.48. The van der Waals surface area contributed by atoms with E-state index < -0.39 is 0 Å². The first-order chi connectivity index (χ1) is 9.26. The minimum absolute atomic E-state index is 0.101. The van der Waals surface area contributed by atoms with E-state index in [1.54, 1.807) is 7.11 Å². The summed E-state index contributed by atoms with van der Waals surface area (Å²) in [5.74, 6) is 0.691. The van der Waals surface area contributed by atoms with E-state index in [9.17, 15) is 4.79 Å². The van der Waals surface area contributed by atoms with Crippen molar-refractivity contribution in [2.24, 2.45) is 0 Å². The molecule has 19 heavy (non-hydrogen) atoms. The molecule has 0 spiro atoms. The van der Waals surface area contributed by atoms with Crippen LogP contribution in [0.4, 0.5) is 0 Å². The first-order valence-electron chi connectivity index (χ1n) is 6.01. The lowest BCUT2D eigenvalue weighted by Crippen LogP contribution is -2.27. The van der Waals surface area contributed by atoms with Crippen LogP contribution in [0.2, 0.25) is 0 Å². The molecule has 0 saturated carbocycles. The number of carbonyl (C=O) groups is 1. The smallest absolute Gasteiger partial charge is 0.239 e. The van der Waals surface area contributed by atoms with Gasteiger partial charge in [0.2, 0.25) is 5.91 Å². The maximum Gasteiger partial charge on any atom is 0.239 e. The molecule has 0 atom stereocenters. The van der Waals surface area contributed by atoms with Crippen molar-refractivity contribution in [3.63, 3.8) is 0 Å². The van der Waals surface area contributed by atoms with E-state index >= 15 is 0 Å². The van der Waals surface area contributed by atoms with Crippen LogP contribution in [0.25, 0.3) is 10.9 Å². The monoisotopic (exact) mass is 257 g/mol. The van der Waals surface area contributed by atoms with Gasteiger partial charge in [0.15, 0.2) is 0 Å². The molecule has 1 heterocycles. The Bertz CT molecular complexity index is 625. The van der Waals surface area contributed by atoms with Gasteiger partial charge in [-0.05, 0) is 18.2 Å². The minimum atomic E-state index is -0.101. The molecule has 1 aromatic carbocycles. The van der Waals surface area contributed by atoms with Gasteiger partial charge in [-0.15, -0.1) is 0 Å². The van der Waals surface area contributed by atoms with Crippen molar-refractivity contribution in [3.8, 4) is 11.8 Å². The summed E-state index contributed by atoms with van der Waals surface area (Å²) in [6.07, 6.45) is 2.18. The fourth-order valence-corrected chi connectivity index (χ4v) is 1.98. The van der Waals surface area contributed by atoms with Gasteiger partial charge in [-0.1, -0.05) is 6.07 Å². The van der Waals surface area contributed by atoms with Gasteiger partial charge in [0.05, 0.1) is 25.1 Å². The third-order valence-corrected chi connectivity index (χ3v) is 2.87. The fraction of sp³-hybridized carbons (Fsp3) is 0.286. The molecule has 98 valence electrons. The number of benzene rings is 1. The number of amides is 1. The molecule has 0 aliphatic carbocycles. The second-order valence-electron chi connectivity index (χ2n) is 4.09. The summed E-state index contributed by atoms with van der Waals surface area (Å²) < 4.78 is 7.14. The highest BCUT2D eigenvalue weighted by Crippen LogP contribution is 2.25. The molecular weight excluding hydrogens is 242 g/mol. The Labute approximate surface area is 111 Å². The Balaban J connectivity index is 2.14. The number of nitrogens with one attached hydrogen (secondary N) is 1. The minimum Gasteiger partial charge on any atom is -0.496 e. The SMILES string of the molecule is COc1cccc2c1ccn2CC(=O)NCCC#N. The van der Waals surface area contributed by atoms with Gasteiger partial charge < -0.3 is 14.6 Å². The molecule has 2 aromatic rings. The maximum atomic E-state index is 11.7. The second-order valence-corrected chi connectivity index (χ2v) is 4.09. The number of carbonyl (C=O) groups excluding carboxylic acids is 1. The van der Waals surface area contributed by atoms with Crippen molar-refractivity contribution in [1.29, 1.82) is 5.26 Å². The van der Waals surface area contributed by atoms with Crippen LogP contribution in [0.5, 0.6) is 5.75 Å². The van der Waals surface area contributed by atoms with Crippen molar-refractivity contribution in [1.82, 2.24) is 9.88 Å². The van der Waals surface area contributed by atoms with Gasteiger partial charge in [0.25, 0.3) is 0 Å². The van der Waals surface area contributed by atoms with Crippen LogP contribution in [-0.2, 0) is 11.3 Å². The molecule has 1 amide bonds. The van der Waals surface area contributed by atoms with Crippen molar-refractivity contribution < 1.29 is 9.53 Å². The van der Waals surface area contributed by atoms with Crippen molar-refractivity contribution >= 4 is 16.8 Å². The van der Waals surface area contributed by atoms with E-state index in [4.69, 9.17) is 10.00 Å².